The van der Waals surface area contributed by atoms with E-state index in [2.05, 4.69) is 18.4 Å². The number of ether oxygens (including phenoxy) is 3. The fourth-order valence-corrected chi connectivity index (χ4v) is 2.48. The fourth-order valence-electron chi connectivity index (χ4n) is 2.48. The van der Waals surface area contributed by atoms with Gasteiger partial charge in [0.15, 0.2) is 5.41 Å². The van der Waals surface area contributed by atoms with Crippen LogP contribution in [0.2, 0.25) is 0 Å². The van der Waals surface area contributed by atoms with Crippen molar-refractivity contribution in [1.29, 1.82) is 0 Å². The van der Waals surface area contributed by atoms with Gasteiger partial charge in [-0.15, -0.1) is 6.58 Å². The van der Waals surface area contributed by atoms with Gasteiger partial charge in [0, 0.05) is 12.0 Å². The number of allylic oxidation sites excluding steroid dienone is 1. The van der Waals surface area contributed by atoms with Crippen LogP contribution in [0.5, 0.6) is 5.75 Å². The first-order valence-corrected chi connectivity index (χ1v) is 8.62. The number of carbonyl (C=O) groups is 2. The quantitative estimate of drug-likeness (QED) is 0.293. The summed E-state index contributed by atoms with van der Waals surface area (Å²) >= 11 is 0. The lowest BCUT2D eigenvalue weighted by molar-refractivity contribution is -0.172. The van der Waals surface area contributed by atoms with Gasteiger partial charge < -0.3 is 14.2 Å². The molecule has 0 saturated carbocycles. The van der Waals surface area contributed by atoms with E-state index in [4.69, 9.17) is 14.2 Å². The molecule has 0 atom stereocenters. The Bertz CT molecular complexity index is 663. The fraction of sp³-hybridized carbons (Fsp3) is 0.429. The minimum absolute atomic E-state index is 0.144. The molecular weight excluding hydrogens is 332 g/mol. The topological polar surface area (TPSA) is 61.8 Å². The largest absolute Gasteiger partial charge is 0.497 e. The molecule has 1 aromatic carbocycles. The first kappa shape index (κ1) is 21.3. The molecule has 5 nitrogen and oxygen atoms in total. The first-order valence-electron chi connectivity index (χ1n) is 8.62. The van der Waals surface area contributed by atoms with Crippen molar-refractivity contribution in [2.45, 2.75) is 33.1 Å². The van der Waals surface area contributed by atoms with Crippen LogP contribution in [-0.4, -0.2) is 32.3 Å². The second-order valence-electron chi connectivity index (χ2n) is 5.55. The highest BCUT2D eigenvalue weighted by molar-refractivity contribution is 6.00. The number of hydrogen-bond acceptors (Lipinski definition) is 5. The summed E-state index contributed by atoms with van der Waals surface area (Å²) in [6.45, 7) is 7.43. The number of rotatable bonds is 9. The van der Waals surface area contributed by atoms with Crippen LogP contribution in [0.15, 0.2) is 36.9 Å². The highest BCUT2D eigenvalue weighted by Crippen LogP contribution is 2.32. The zero-order valence-corrected chi connectivity index (χ0v) is 15.7. The minimum Gasteiger partial charge on any atom is -0.497 e. The van der Waals surface area contributed by atoms with Crippen molar-refractivity contribution in [3.8, 4) is 17.6 Å². The first-order chi connectivity index (χ1) is 12.5. The van der Waals surface area contributed by atoms with Gasteiger partial charge in [0.1, 0.15) is 5.75 Å². The molecule has 0 heterocycles. The van der Waals surface area contributed by atoms with E-state index in [-0.39, 0.29) is 26.1 Å². The Morgan fingerprint density at radius 1 is 1.19 bits per heavy atom. The highest BCUT2D eigenvalue weighted by Gasteiger charge is 2.47. The van der Waals surface area contributed by atoms with E-state index < -0.39 is 17.4 Å². The molecule has 0 aliphatic carbocycles. The minimum atomic E-state index is -1.41. The maximum absolute atomic E-state index is 12.5. The molecular formula is C21H26O5. The summed E-state index contributed by atoms with van der Waals surface area (Å²) in [7, 11) is 1.59. The summed E-state index contributed by atoms with van der Waals surface area (Å²) in [6.07, 6.45) is 2.21. The van der Waals surface area contributed by atoms with Gasteiger partial charge in [-0.05, 0) is 44.9 Å². The third-order valence-electron chi connectivity index (χ3n) is 3.80. The Hall–Kier alpha value is -2.74. The van der Waals surface area contributed by atoms with Crippen molar-refractivity contribution in [1.82, 2.24) is 0 Å². The van der Waals surface area contributed by atoms with E-state index in [1.54, 1.807) is 21.0 Å². The normalized spacial score (nSPS) is 10.3. The van der Waals surface area contributed by atoms with Gasteiger partial charge in [0.05, 0.1) is 20.3 Å². The number of benzene rings is 1. The molecule has 5 heteroatoms. The van der Waals surface area contributed by atoms with Crippen LogP contribution in [-0.2, 0) is 19.1 Å². The van der Waals surface area contributed by atoms with Crippen LogP contribution in [0, 0.1) is 17.3 Å². The zero-order valence-electron chi connectivity index (χ0n) is 15.7. The van der Waals surface area contributed by atoms with Gasteiger partial charge in [0.2, 0.25) is 0 Å². The summed E-state index contributed by atoms with van der Waals surface area (Å²) in [6, 6.07) is 7.37. The maximum Gasteiger partial charge on any atom is 0.323 e. The van der Waals surface area contributed by atoms with E-state index in [1.807, 2.05) is 24.3 Å². The van der Waals surface area contributed by atoms with E-state index >= 15 is 0 Å². The second-order valence-corrected chi connectivity index (χ2v) is 5.55. The molecule has 0 aromatic heterocycles. The number of hydrogen-bond donors (Lipinski definition) is 0. The average molecular weight is 358 g/mol. The van der Waals surface area contributed by atoms with Crippen LogP contribution < -0.4 is 4.74 Å². The monoisotopic (exact) mass is 358 g/mol. The van der Waals surface area contributed by atoms with Gasteiger partial charge in [-0.3, -0.25) is 9.59 Å². The van der Waals surface area contributed by atoms with Crippen molar-refractivity contribution in [2.24, 2.45) is 5.41 Å². The van der Waals surface area contributed by atoms with Crippen molar-refractivity contribution in [3.63, 3.8) is 0 Å². The standard InChI is InChI=1S/C21H26O5/c1-5-14-21(19(22)25-6-2,20(23)26-7-3)15-9-8-11-17-12-10-13-18(16-17)24-4/h5,10,12-13,16H,1,6-7,9,14-15H2,2-4H3. The summed E-state index contributed by atoms with van der Waals surface area (Å²) in [5.74, 6) is 5.55. The van der Waals surface area contributed by atoms with Crippen molar-refractivity contribution < 1.29 is 23.8 Å². The summed E-state index contributed by atoms with van der Waals surface area (Å²) < 4.78 is 15.4. The highest BCUT2D eigenvalue weighted by atomic mass is 16.6. The predicted molar refractivity (Wildman–Crippen MR) is 99.6 cm³/mol. The smallest absolute Gasteiger partial charge is 0.323 e. The predicted octanol–water partition coefficient (Wildman–Crippen LogP) is 3.52. The van der Waals surface area contributed by atoms with Crippen molar-refractivity contribution >= 4 is 11.9 Å². The lowest BCUT2D eigenvalue weighted by atomic mass is 9.80. The molecule has 0 aliphatic rings. The Kier molecular flexibility index (Phi) is 9.00. The molecule has 0 N–H and O–H groups in total. The van der Waals surface area contributed by atoms with Crippen LogP contribution >= 0.6 is 0 Å². The number of methoxy groups -OCH3 is 1. The Morgan fingerprint density at radius 3 is 2.38 bits per heavy atom. The molecule has 0 saturated heterocycles. The van der Waals surface area contributed by atoms with E-state index in [0.717, 1.165) is 11.3 Å². The Labute approximate surface area is 155 Å². The average Bonchev–Trinajstić information content (AvgIpc) is 2.64. The lowest BCUT2D eigenvalue weighted by Crippen LogP contribution is -2.41. The van der Waals surface area contributed by atoms with E-state index in [9.17, 15) is 9.59 Å². The van der Waals surface area contributed by atoms with Crippen LogP contribution in [0.3, 0.4) is 0 Å². The molecule has 0 aliphatic heterocycles. The van der Waals surface area contributed by atoms with Crippen molar-refractivity contribution in [2.75, 3.05) is 20.3 Å². The zero-order chi connectivity index (χ0) is 19.4. The second kappa shape index (κ2) is 11.0. The molecule has 1 aromatic rings. The van der Waals surface area contributed by atoms with Gasteiger partial charge in [0.25, 0.3) is 0 Å². The van der Waals surface area contributed by atoms with Crippen LogP contribution in [0.1, 0.15) is 38.7 Å². The molecule has 0 unspecified atom stereocenters. The molecule has 140 valence electrons. The van der Waals surface area contributed by atoms with Gasteiger partial charge in [-0.25, -0.2) is 0 Å². The third-order valence-corrected chi connectivity index (χ3v) is 3.80. The molecule has 0 radical (unpaired) electrons. The van der Waals surface area contributed by atoms with Gasteiger partial charge >= 0.3 is 11.9 Å². The third kappa shape index (κ3) is 5.66. The van der Waals surface area contributed by atoms with Crippen LogP contribution in [0.25, 0.3) is 0 Å². The Morgan fingerprint density at radius 2 is 1.85 bits per heavy atom. The molecule has 1 rings (SSSR count). The molecule has 0 fully saturated rings. The van der Waals surface area contributed by atoms with Gasteiger partial charge in [-0.1, -0.05) is 24.0 Å². The number of carbonyl (C=O) groups excluding carboxylic acids is 2. The summed E-state index contributed by atoms with van der Waals surface area (Å²) in [5.41, 5.74) is -0.609. The van der Waals surface area contributed by atoms with E-state index in [0.29, 0.717) is 6.42 Å². The van der Waals surface area contributed by atoms with Crippen molar-refractivity contribution in [3.05, 3.63) is 42.5 Å². The van der Waals surface area contributed by atoms with Crippen LogP contribution in [0.4, 0.5) is 0 Å². The molecule has 0 amide bonds. The SMILES string of the molecule is C=CCC(CCC#Cc1cccc(OC)c1)(C(=O)OCC)C(=O)OCC. The summed E-state index contributed by atoms with van der Waals surface area (Å²) in [5, 5.41) is 0. The molecule has 0 bridgehead atoms. The molecule has 0 spiro atoms. The number of esters is 2. The molecule has 26 heavy (non-hydrogen) atoms. The lowest BCUT2D eigenvalue weighted by Gasteiger charge is -2.27. The van der Waals surface area contributed by atoms with Gasteiger partial charge in [-0.2, -0.15) is 0 Å². The Balaban J connectivity index is 2.98. The maximum atomic E-state index is 12.5. The summed E-state index contributed by atoms with van der Waals surface area (Å²) in [4.78, 5) is 25.0. The van der Waals surface area contributed by atoms with E-state index in [1.165, 1.54) is 6.08 Å².